The SMILES string of the molecule is Cl.Cl.NNc1ccccc1C(=O)O. The van der Waals surface area contributed by atoms with Crippen molar-refractivity contribution < 1.29 is 9.90 Å². The van der Waals surface area contributed by atoms with Crippen LogP contribution >= 0.6 is 24.8 Å². The van der Waals surface area contributed by atoms with Crippen LogP contribution < -0.4 is 11.3 Å². The van der Waals surface area contributed by atoms with Crippen LogP contribution in [-0.4, -0.2) is 11.1 Å². The van der Waals surface area contributed by atoms with Crippen molar-refractivity contribution in [2.75, 3.05) is 5.43 Å². The van der Waals surface area contributed by atoms with E-state index in [1.807, 2.05) is 0 Å². The maximum atomic E-state index is 10.5. The van der Waals surface area contributed by atoms with Crippen molar-refractivity contribution in [2.24, 2.45) is 5.84 Å². The molecule has 0 unspecified atom stereocenters. The Morgan fingerprint density at radius 2 is 1.85 bits per heavy atom. The van der Waals surface area contributed by atoms with Crippen LogP contribution in [0.3, 0.4) is 0 Å². The fraction of sp³-hybridized carbons (Fsp3) is 0. The number of hydrogen-bond acceptors (Lipinski definition) is 3. The highest BCUT2D eigenvalue weighted by atomic mass is 35.5. The summed E-state index contributed by atoms with van der Waals surface area (Å²) in [5, 5.41) is 8.60. The lowest BCUT2D eigenvalue weighted by Gasteiger charge is -2.02. The molecule has 0 saturated heterocycles. The summed E-state index contributed by atoms with van der Waals surface area (Å²) in [5.74, 6) is 4.09. The highest BCUT2D eigenvalue weighted by molar-refractivity contribution is 5.93. The van der Waals surface area contributed by atoms with Gasteiger partial charge in [0.1, 0.15) is 0 Å². The Labute approximate surface area is 87.9 Å². The molecule has 1 rings (SSSR count). The third kappa shape index (κ3) is 3.50. The summed E-state index contributed by atoms with van der Waals surface area (Å²) in [6.07, 6.45) is 0. The summed E-state index contributed by atoms with van der Waals surface area (Å²) in [6, 6.07) is 6.44. The predicted octanol–water partition coefficient (Wildman–Crippen LogP) is 1.51. The Morgan fingerprint density at radius 3 is 2.23 bits per heavy atom. The van der Waals surface area contributed by atoms with Crippen LogP contribution in [0.4, 0.5) is 5.69 Å². The van der Waals surface area contributed by atoms with Gasteiger partial charge in [-0.1, -0.05) is 12.1 Å². The second-order valence-electron chi connectivity index (χ2n) is 2.00. The van der Waals surface area contributed by atoms with E-state index in [-0.39, 0.29) is 30.4 Å². The number of halogens is 2. The number of benzene rings is 1. The van der Waals surface area contributed by atoms with Crippen molar-refractivity contribution in [2.45, 2.75) is 0 Å². The Morgan fingerprint density at radius 1 is 1.31 bits per heavy atom. The smallest absolute Gasteiger partial charge is 0.337 e. The van der Waals surface area contributed by atoms with Gasteiger partial charge in [-0.3, -0.25) is 5.84 Å². The Kier molecular flexibility index (Phi) is 7.31. The van der Waals surface area contributed by atoms with Crippen molar-refractivity contribution in [3.05, 3.63) is 29.8 Å². The van der Waals surface area contributed by atoms with Crippen molar-refractivity contribution in [1.29, 1.82) is 0 Å². The van der Waals surface area contributed by atoms with Crippen molar-refractivity contribution in [3.8, 4) is 0 Å². The van der Waals surface area contributed by atoms with Crippen molar-refractivity contribution in [3.63, 3.8) is 0 Å². The van der Waals surface area contributed by atoms with E-state index in [1.165, 1.54) is 6.07 Å². The van der Waals surface area contributed by atoms with Crippen molar-refractivity contribution in [1.82, 2.24) is 0 Å². The highest BCUT2D eigenvalue weighted by Gasteiger charge is 2.06. The number of hydrazine groups is 1. The fourth-order valence-electron chi connectivity index (χ4n) is 0.795. The molecule has 0 saturated carbocycles. The van der Waals surface area contributed by atoms with Gasteiger partial charge in [0.15, 0.2) is 0 Å². The number of carboxylic acids is 1. The standard InChI is InChI=1S/C7H8N2O2.2ClH/c8-9-6-4-2-1-3-5(6)7(10)11;;/h1-4,9H,8H2,(H,10,11);2*1H. The summed E-state index contributed by atoms with van der Waals surface area (Å²) >= 11 is 0. The lowest BCUT2D eigenvalue weighted by molar-refractivity contribution is 0.0698. The molecular formula is C7H10Cl2N2O2. The zero-order chi connectivity index (χ0) is 8.27. The van der Waals surface area contributed by atoms with Gasteiger partial charge in [-0.15, -0.1) is 24.8 Å². The molecule has 0 atom stereocenters. The minimum atomic E-state index is -0.987. The van der Waals surface area contributed by atoms with Crippen LogP contribution in [0, 0.1) is 0 Å². The second kappa shape index (κ2) is 6.54. The average Bonchev–Trinajstić information content (AvgIpc) is 2.04. The molecule has 74 valence electrons. The molecule has 1 aromatic rings. The summed E-state index contributed by atoms with van der Waals surface area (Å²) in [6.45, 7) is 0. The molecule has 0 aliphatic rings. The molecule has 1 aromatic carbocycles. The molecule has 0 bridgehead atoms. The van der Waals surface area contributed by atoms with Gasteiger partial charge in [0.25, 0.3) is 0 Å². The molecule has 0 aliphatic carbocycles. The van der Waals surface area contributed by atoms with Crippen LogP contribution in [0.15, 0.2) is 24.3 Å². The van der Waals surface area contributed by atoms with E-state index in [2.05, 4.69) is 5.43 Å². The molecule has 0 heterocycles. The van der Waals surface area contributed by atoms with E-state index in [1.54, 1.807) is 18.2 Å². The summed E-state index contributed by atoms with van der Waals surface area (Å²) < 4.78 is 0. The van der Waals surface area contributed by atoms with E-state index < -0.39 is 5.97 Å². The van der Waals surface area contributed by atoms with E-state index in [9.17, 15) is 4.79 Å². The first kappa shape index (κ1) is 14.5. The quantitative estimate of drug-likeness (QED) is 0.526. The van der Waals surface area contributed by atoms with Crippen LogP contribution in [-0.2, 0) is 0 Å². The minimum absolute atomic E-state index is 0. The van der Waals surface area contributed by atoms with E-state index in [4.69, 9.17) is 10.9 Å². The largest absolute Gasteiger partial charge is 0.478 e. The van der Waals surface area contributed by atoms with Gasteiger partial charge >= 0.3 is 5.97 Å². The molecule has 4 N–H and O–H groups in total. The Balaban J connectivity index is 0. The van der Waals surface area contributed by atoms with E-state index >= 15 is 0 Å². The van der Waals surface area contributed by atoms with Gasteiger partial charge < -0.3 is 10.5 Å². The van der Waals surface area contributed by atoms with Crippen LogP contribution in [0.25, 0.3) is 0 Å². The Hall–Kier alpha value is -0.970. The number of nitrogens with one attached hydrogen (secondary N) is 1. The lowest BCUT2D eigenvalue weighted by Crippen LogP contribution is -2.11. The molecule has 0 fully saturated rings. The number of hydrogen-bond donors (Lipinski definition) is 3. The monoisotopic (exact) mass is 224 g/mol. The normalized spacial score (nSPS) is 7.77. The second-order valence-corrected chi connectivity index (χ2v) is 2.00. The predicted molar refractivity (Wildman–Crippen MR) is 55.7 cm³/mol. The van der Waals surface area contributed by atoms with Gasteiger partial charge in [-0.05, 0) is 12.1 Å². The molecule has 0 aromatic heterocycles. The number of rotatable bonds is 2. The number of nitrogens with two attached hydrogens (primary N) is 1. The zero-order valence-corrected chi connectivity index (χ0v) is 8.19. The van der Waals surface area contributed by atoms with Gasteiger partial charge in [0.2, 0.25) is 0 Å². The third-order valence-corrected chi connectivity index (χ3v) is 1.31. The van der Waals surface area contributed by atoms with Gasteiger partial charge in [0.05, 0.1) is 11.3 Å². The number of aromatic carboxylic acids is 1. The first-order valence-corrected chi connectivity index (χ1v) is 3.04. The number of carboxylic acid groups (broad SMARTS) is 1. The van der Waals surface area contributed by atoms with E-state index in [0.717, 1.165) is 0 Å². The first-order chi connectivity index (χ1) is 5.25. The van der Waals surface area contributed by atoms with Crippen LogP contribution in [0.2, 0.25) is 0 Å². The molecule has 0 aliphatic heterocycles. The van der Waals surface area contributed by atoms with Gasteiger partial charge in [0, 0.05) is 0 Å². The average molecular weight is 225 g/mol. The molecule has 0 spiro atoms. The lowest BCUT2D eigenvalue weighted by atomic mass is 10.2. The zero-order valence-electron chi connectivity index (χ0n) is 6.56. The molecule has 0 radical (unpaired) electrons. The maximum absolute atomic E-state index is 10.5. The molecular weight excluding hydrogens is 215 g/mol. The Bertz CT molecular complexity index is 281. The van der Waals surface area contributed by atoms with Crippen LogP contribution in [0.1, 0.15) is 10.4 Å². The van der Waals surface area contributed by atoms with Gasteiger partial charge in [-0.2, -0.15) is 0 Å². The first-order valence-electron chi connectivity index (χ1n) is 3.04. The third-order valence-electron chi connectivity index (χ3n) is 1.31. The number of anilines is 1. The van der Waals surface area contributed by atoms with Gasteiger partial charge in [-0.25, -0.2) is 4.79 Å². The fourth-order valence-corrected chi connectivity index (χ4v) is 0.795. The summed E-state index contributed by atoms with van der Waals surface area (Å²) in [5.41, 5.74) is 2.89. The van der Waals surface area contributed by atoms with E-state index in [0.29, 0.717) is 5.69 Å². The molecule has 0 amide bonds. The molecule has 13 heavy (non-hydrogen) atoms. The maximum Gasteiger partial charge on any atom is 0.337 e. The topological polar surface area (TPSA) is 75.3 Å². The molecule has 6 heteroatoms. The summed E-state index contributed by atoms with van der Waals surface area (Å²) in [7, 11) is 0. The number of para-hydroxylation sites is 1. The number of nitrogen functional groups attached to an aromatic ring is 1. The summed E-state index contributed by atoms with van der Waals surface area (Å²) in [4.78, 5) is 10.5. The highest BCUT2D eigenvalue weighted by Crippen LogP contribution is 2.12. The number of carbonyl (C=O) groups is 1. The van der Waals surface area contributed by atoms with Crippen molar-refractivity contribution >= 4 is 36.5 Å². The van der Waals surface area contributed by atoms with Crippen LogP contribution in [0.5, 0.6) is 0 Å². The minimum Gasteiger partial charge on any atom is -0.478 e. The molecule has 4 nitrogen and oxygen atoms in total.